The van der Waals surface area contributed by atoms with Crippen LogP contribution in [0.15, 0.2) is 47.7 Å². The Bertz CT molecular complexity index is 632. The van der Waals surface area contributed by atoms with Gasteiger partial charge in [0.25, 0.3) is 0 Å². The van der Waals surface area contributed by atoms with Crippen molar-refractivity contribution in [3.05, 3.63) is 65.2 Å². The van der Waals surface area contributed by atoms with Gasteiger partial charge in [0, 0.05) is 32.5 Å². The maximum atomic E-state index is 13.5. The fourth-order valence-electron chi connectivity index (χ4n) is 2.02. The summed E-state index contributed by atoms with van der Waals surface area (Å²) in [4.78, 5) is 8.24. The van der Waals surface area contributed by atoms with Crippen molar-refractivity contribution in [1.82, 2.24) is 15.6 Å². The van der Waals surface area contributed by atoms with Crippen LogP contribution in [0, 0.1) is 12.7 Å². The molecule has 0 saturated heterocycles. The molecule has 0 spiro atoms. The van der Waals surface area contributed by atoms with Crippen LogP contribution >= 0.6 is 24.0 Å². The largest absolute Gasteiger partial charge is 0.356 e. The molecule has 1 aromatic heterocycles. The minimum atomic E-state index is -0.182. The smallest absolute Gasteiger partial charge is 0.191 e. The molecule has 2 rings (SSSR count). The van der Waals surface area contributed by atoms with Crippen LogP contribution in [0.4, 0.5) is 4.39 Å². The van der Waals surface area contributed by atoms with E-state index >= 15 is 0 Å². The van der Waals surface area contributed by atoms with Gasteiger partial charge in [-0.3, -0.25) is 9.98 Å². The number of rotatable bonds is 5. The summed E-state index contributed by atoms with van der Waals surface area (Å²) in [6.07, 6.45) is 4.48. The molecule has 6 heteroatoms. The van der Waals surface area contributed by atoms with Crippen molar-refractivity contribution < 1.29 is 4.39 Å². The number of aliphatic imine (C=N–C) groups is 1. The second-order valence-corrected chi connectivity index (χ2v) is 5.05. The molecule has 0 aliphatic rings. The van der Waals surface area contributed by atoms with E-state index in [1.54, 1.807) is 32.3 Å². The Labute approximate surface area is 153 Å². The van der Waals surface area contributed by atoms with Crippen LogP contribution in [0.25, 0.3) is 0 Å². The number of pyridine rings is 1. The van der Waals surface area contributed by atoms with Crippen molar-refractivity contribution in [2.24, 2.45) is 4.99 Å². The molecule has 0 saturated carbocycles. The summed E-state index contributed by atoms with van der Waals surface area (Å²) in [6, 6.07) is 9.21. The highest BCUT2D eigenvalue weighted by Gasteiger charge is 2.01. The van der Waals surface area contributed by atoms with E-state index in [0.29, 0.717) is 18.1 Å². The van der Waals surface area contributed by atoms with Crippen molar-refractivity contribution in [2.75, 3.05) is 13.6 Å². The normalized spacial score (nSPS) is 10.8. The minimum Gasteiger partial charge on any atom is -0.356 e. The first kappa shape index (κ1) is 19.3. The molecule has 0 aliphatic carbocycles. The Morgan fingerprint density at radius 2 is 2.04 bits per heavy atom. The number of hydrogen-bond acceptors (Lipinski definition) is 2. The van der Waals surface area contributed by atoms with Crippen LogP contribution in [0.5, 0.6) is 0 Å². The Morgan fingerprint density at radius 1 is 1.22 bits per heavy atom. The molecule has 23 heavy (non-hydrogen) atoms. The summed E-state index contributed by atoms with van der Waals surface area (Å²) in [7, 11) is 1.72. The lowest BCUT2D eigenvalue weighted by molar-refractivity contribution is 0.615. The summed E-state index contributed by atoms with van der Waals surface area (Å²) in [5, 5.41) is 6.41. The lowest BCUT2D eigenvalue weighted by Gasteiger charge is -2.12. The molecule has 0 unspecified atom stereocenters. The van der Waals surface area contributed by atoms with E-state index in [1.165, 1.54) is 5.56 Å². The Hall–Kier alpha value is -1.70. The Morgan fingerprint density at radius 3 is 2.70 bits per heavy atom. The molecular weight excluding hydrogens is 406 g/mol. The van der Waals surface area contributed by atoms with Crippen LogP contribution in [0.2, 0.25) is 0 Å². The molecule has 1 heterocycles. The Kier molecular flexibility index (Phi) is 8.53. The second kappa shape index (κ2) is 10.1. The average Bonchev–Trinajstić information content (AvgIpc) is 2.55. The molecule has 0 aliphatic heterocycles. The molecule has 4 nitrogen and oxygen atoms in total. The van der Waals surface area contributed by atoms with E-state index in [2.05, 4.69) is 20.6 Å². The first-order valence-electron chi connectivity index (χ1n) is 7.27. The topological polar surface area (TPSA) is 49.3 Å². The van der Waals surface area contributed by atoms with Gasteiger partial charge >= 0.3 is 0 Å². The van der Waals surface area contributed by atoms with Crippen molar-refractivity contribution in [1.29, 1.82) is 0 Å². The molecule has 124 valence electrons. The molecule has 2 N–H and O–H groups in total. The lowest BCUT2D eigenvalue weighted by atomic mass is 10.1. The third-order valence-corrected chi connectivity index (χ3v) is 3.35. The van der Waals surface area contributed by atoms with Gasteiger partial charge < -0.3 is 10.6 Å². The van der Waals surface area contributed by atoms with Gasteiger partial charge in [0.05, 0.1) is 0 Å². The zero-order valence-corrected chi connectivity index (χ0v) is 15.7. The molecule has 1 aromatic carbocycles. The molecule has 2 aromatic rings. The summed E-state index contributed by atoms with van der Waals surface area (Å²) in [5.41, 5.74) is 2.71. The van der Waals surface area contributed by atoms with Crippen LogP contribution in [-0.2, 0) is 13.0 Å². The van der Waals surface area contributed by atoms with E-state index < -0.39 is 0 Å². The second-order valence-electron chi connectivity index (χ2n) is 5.05. The highest BCUT2D eigenvalue weighted by atomic mass is 127. The molecule has 0 atom stereocenters. The number of nitrogens with zero attached hydrogens (tertiary/aromatic N) is 2. The molecular formula is C17H22FIN4. The van der Waals surface area contributed by atoms with E-state index in [0.717, 1.165) is 18.5 Å². The number of hydrogen-bond donors (Lipinski definition) is 2. The van der Waals surface area contributed by atoms with Crippen LogP contribution in [0.1, 0.15) is 16.7 Å². The number of aromatic nitrogens is 1. The van der Waals surface area contributed by atoms with Crippen LogP contribution in [-0.4, -0.2) is 24.5 Å². The number of guanidine groups is 1. The summed E-state index contributed by atoms with van der Waals surface area (Å²) in [5.74, 6) is 0.517. The lowest BCUT2D eigenvalue weighted by Crippen LogP contribution is -2.37. The summed E-state index contributed by atoms with van der Waals surface area (Å²) >= 11 is 0. The van der Waals surface area contributed by atoms with Gasteiger partial charge in [-0.1, -0.05) is 18.2 Å². The first-order valence-corrected chi connectivity index (χ1v) is 7.27. The van der Waals surface area contributed by atoms with Gasteiger partial charge in [-0.05, 0) is 42.2 Å². The van der Waals surface area contributed by atoms with Gasteiger partial charge in [-0.15, -0.1) is 24.0 Å². The fraction of sp³-hybridized carbons (Fsp3) is 0.294. The van der Waals surface area contributed by atoms with Crippen molar-refractivity contribution in [3.63, 3.8) is 0 Å². The predicted molar refractivity (Wildman–Crippen MR) is 103 cm³/mol. The van der Waals surface area contributed by atoms with Crippen molar-refractivity contribution >= 4 is 29.9 Å². The van der Waals surface area contributed by atoms with E-state index in [1.807, 2.05) is 24.4 Å². The SMILES string of the molecule is CN=C(NCCc1cccnc1)NCc1ccc(C)c(F)c1.I. The molecule has 0 fully saturated rings. The number of benzene rings is 1. The van der Waals surface area contributed by atoms with E-state index in [9.17, 15) is 4.39 Å². The van der Waals surface area contributed by atoms with Gasteiger partial charge in [0.2, 0.25) is 0 Å². The average molecular weight is 428 g/mol. The fourth-order valence-corrected chi connectivity index (χ4v) is 2.02. The number of halogens is 2. The van der Waals surface area contributed by atoms with Gasteiger partial charge in [0.15, 0.2) is 5.96 Å². The Balaban J connectivity index is 0.00000264. The highest BCUT2D eigenvalue weighted by molar-refractivity contribution is 14.0. The quantitative estimate of drug-likeness (QED) is 0.438. The molecule has 0 amide bonds. The van der Waals surface area contributed by atoms with Crippen LogP contribution < -0.4 is 10.6 Å². The van der Waals surface area contributed by atoms with E-state index in [4.69, 9.17) is 0 Å². The third-order valence-electron chi connectivity index (χ3n) is 3.35. The summed E-state index contributed by atoms with van der Waals surface area (Å²) < 4.78 is 13.5. The zero-order valence-electron chi connectivity index (χ0n) is 13.3. The maximum absolute atomic E-state index is 13.5. The molecule has 0 bridgehead atoms. The van der Waals surface area contributed by atoms with Crippen molar-refractivity contribution in [2.45, 2.75) is 19.9 Å². The number of aryl methyl sites for hydroxylation is 1. The van der Waals surface area contributed by atoms with Gasteiger partial charge in [-0.25, -0.2) is 4.39 Å². The summed E-state index contributed by atoms with van der Waals surface area (Å²) in [6.45, 7) is 3.04. The first-order chi connectivity index (χ1) is 10.7. The minimum absolute atomic E-state index is 0. The third kappa shape index (κ3) is 6.52. The molecule has 0 radical (unpaired) electrons. The van der Waals surface area contributed by atoms with Gasteiger partial charge in [0.1, 0.15) is 5.82 Å². The standard InChI is InChI=1S/C17H21FN4.HI/c1-13-5-6-15(10-16(13)18)12-22-17(19-2)21-9-7-14-4-3-8-20-11-14;/h3-6,8,10-11H,7,9,12H2,1-2H3,(H2,19,21,22);1H. The zero-order chi connectivity index (χ0) is 15.8. The van der Waals surface area contributed by atoms with Crippen LogP contribution in [0.3, 0.4) is 0 Å². The maximum Gasteiger partial charge on any atom is 0.191 e. The highest BCUT2D eigenvalue weighted by Crippen LogP contribution is 2.08. The monoisotopic (exact) mass is 428 g/mol. The van der Waals surface area contributed by atoms with Gasteiger partial charge in [-0.2, -0.15) is 0 Å². The van der Waals surface area contributed by atoms with E-state index in [-0.39, 0.29) is 29.8 Å². The van der Waals surface area contributed by atoms with Crippen molar-refractivity contribution in [3.8, 4) is 0 Å². The number of nitrogens with one attached hydrogen (secondary N) is 2. The predicted octanol–water partition coefficient (Wildman–Crippen LogP) is 3.05.